The Morgan fingerprint density at radius 1 is 1.19 bits per heavy atom. The summed E-state index contributed by atoms with van der Waals surface area (Å²) in [5, 5.41) is 2.74. The number of benzene rings is 1. The van der Waals surface area contributed by atoms with E-state index in [0.717, 1.165) is 19.3 Å². The van der Waals surface area contributed by atoms with Crippen molar-refractivity contribution in [3.05, 3.63) is 54.4 Å². The molecule has 26 heavy (non-hydrogen) atoms. The normalized spacial score (nSPS) is 18.0. The Labute approximate surface area is 160 Å². The van der Waals surface area contributed by atoms with Gasteiger partial charge >= 0.3 is 0 Å². The number of nitrogens with zero attached hydrogens (tertiary/aromatic N) is 2. The average Bonchev–Trinajstić information content (AvgIpc) is 2.63. The molecule has 1 amide bonds. The van der Waals surface area contributed by atoms with Crippen molar-refractivity contribution in [2.45, 2.75) is 37.1 Å². The van der Waals surface area contributed by atoms with E-state index in [0.29, 0.717) is 17.8 Å². The molecule has 2 aromatic rings. The number of pyridine rings is 1. The fourth-order valence-corrected chi connectivity index (χ4v) is 4.67. The zero-order valence-electron chi connectivity index (χ0n) is 14.5. The van der Waals surface area contributed by atoms with Gasteiger partial charge in [0.2, 0.25) is 10.0 Å². The van der Waals surface area contributed by atoms with Crippen LogP contribution < -0.4 is 5.32 Å². The van der Waals surface area contributed by atoms with Gasteiger partial charge in [0.05, 0.1) is 10.5 Å². The largest absolute Gasteiger partial charge is 0.322 e. The van der Waals surface area contributed by atoms with Gasteiger partial charge in [0.25, 0.3) is 5.91 Å². The molecule has 140 valence electrons. The lowest BCUT2D eigenvalue weighted by molar-refractivity contribution is 0.102. The SMILES string of the molecule is CC1CCCCN1S(=O)(=O)c1ccc(NC(=O)c2cccnc2)cc1.Cl. The minimum absolute atomic E-state index is 0. The predicted molar refractivity (Wildman–Crippen MR) is 103 cm³/mol. The van der Waals surface area contributed by atoms with Gasteiger partial charge < -0.3 is 5.32 Å². The first-order valence-corrected chi connectivity index (χ1v) is 9.76. The predicted octanol–water partition coefficient (Wildman–Crippen LogP) is 3.32. The van der Waals surface area contributed by atoms with Crippen molar-refractivity contribution >= 4 is 34.0 Å². The van der Waals surface area contributed by atoms with Crippen LogP contribution in [0.25, 0.3) is 0 Å². The van der Waals surface area contributed by atoms with Crippen LogP contribution in [0.15, 0.2) is 53.7 Å². The lowest BCUT2D eigenvalue weighted by atomic mass is 10.1. The number of hydrogen-bond acceptors (Lipinski definition) is 4. The molecule has 1 aromatic heterocycles. The summed E-state index contributed by atoms with van der Waals surface area (Å²) < 4.78 is 27.1. The number of anilines is 1. The topological polar surface area (TPSA) is 79.4 Å². The molecule has 0 saturated carbocycles. The van der Waals surface area contributed by atoms with E-state index >= 15 is 0 Å². The highest BCUT2D eigenvalue weighted by atomic mass is 35.5. The lowest BCUT2D eigenvalue weighted by Gasteiger charge is -2.32. The van der Waals surface area contributed by atoms with Crippen molar-refractivity contribution < 1.29 is 13.2 Å². The van der Waals surface area contributed by atoms with E-state index in [1.54, 1.807) is 34.8 Å². The number of amides is 1. The molecular weight excluding hydrogens is 374 g/mol. The first-order chi connectivity index (χ1) is 12.0. The molecule has 1 aliphatic rings. The summed E-state index contributed by atoms with van der Waals surface area (Å²) in [4.78, 5) is 16.3. The van der Waals surface area contributed by atoms with Crippen LogP contribution in [0.3, 0.4) is 0 Å². The highest BCUT2D eigenvalue weighted by molar-refractivity contribution is 7.89. The average molecular weight is 396 g/mol. The second-order valence-electron chi connectivity index (χ2n) is 6.18. The summed E-state index contributed by atoms with van der Waals surface area (Å²) in [5.41, 5.74) is 0.987. The van der Waals surface area contributed by atoms with E-state index in [2.05, 4.69) is 10.3 Å². The maximum Gasteiger partial charge on any atom is 0.257 e. The monoisotopic (exact) mass is 395 g/mol. The van der Waals surface area contributed by atoms with Crippen molar-refractivity contribution in [2.24, 2.45) is 0 Å². The summed E-state index contributed by atoms with van der Waals surface area (Å²) in [5.74, 6) is -0.284. The van der Waals surface area contributed by atoms with E-state index < -0.39 is 10.0 Å². The third-order valence-electron chi connectivity index (χ3n) is 4.38. The van der Waals surface area contributed by atoms with Gasteiger partial charge in [0.15, 0.2) is 0 Å². The van der Waals surface area contributed by atoms with Crippen LogP contribution in [-0.2, 0) is 10.0 Å². The maximum absolute atomic E-state index is 12.8. The van der Waals surface area contributed by atoms with Crippen LogP contribution >= 0.6 is 12.4 Å². The maximum atomic E-state index is 12.8. The molecule has 1 atom stereocenters. The van der Waals surface area contributed by atoms with Gasteiger partial charge in [0.1, 0.15) is 0 Å². The summed E-state index contributed by atoms with van der Waals surface area (Å²) in [7, 11) is -3.50. The number of aromatic nitrogens is 1. The van der Waals surface area contributed by atoms with Crippen molar-refractivity contribution in [1.29, 1.82) is 0 Å². The lowest BCUT2D eigenvalue weighted by Crippen LogP contribution is -2.41. The van der Waals surface area contributed by atoms with Gasteiger partial charge in [-0.2, -0.15) is 4.31 Å². The molecule has 3 rings (SSSR count). The molecule has 0 bridgehead atoms. The van der Waals surface area contributed by atoms with Crippen LogP contribution in [0.5, 0.6) is 0 Å². The van der Waals surface area contributed by atoms with E-state index in [1.807, 2.05) is 6.92 Å². The molecule has 1 saturated heterocycles. The molecule has 2 heterocycles. The van der Waals surface area contributed by atoms with Crippen LogP contribution in [0.1, 0.15) is 36.5 Å². The molecule has 0 radical (unpaired) electrons. The quantitative estimate of drug-likeness (QED) is 0.861. The Balaban J connectivity index is 0.00000243. The fourth-order valence-electron chi connectivity index (χ4n) is 2.97. The Morgan fingerprint density at radius 3 is 2.54 bits per heavy atom. The second-order valence-corrected chi connectivity index (χ2v) is 8.07. The van der Waals surface area contributed by atoms with Gasteiger partial charge in [-0.05, 0) is 56.2 Å². The van der Waals surface area contributed by atoms with Crippen LogP contribution in [0.4, 0.5) is 5.69 Å². The molecule has 1 aliphatic heterocycles. The number of piperidine rings is 1. The summed E-state index contributed by atoms with van der Waals surface area (Å²) in [6, 6.07) is 9.66. The standard InChI is InChI=1S/C18H21N3O3S.ClH/c1-14-5-2-3-12-21(14)25(23,24)17-9-7-16(8-10-17)20-18(22)15-6-4-11-19-13-15;/h4,6-11,13-14H,2-3,5,12H2,1H3,(H,20,22);1H. The van der Waals surface area contributed by atoms with E-state index in [4.69, 9.17) is 0 Å². The molecule has 1 aromatic carbocycles. The summed E-state index contributed by atoms with van der Waals surface area (Å²) >= 11 is 0. The number of hydrogen-bond donors (Lipinski definition) is 1. The molecule has 8 heteroatoms. The minimum Gasteiger partial charge on any atom is -0.322 e. The van der Waals surface area contributed by atoms with Crippen molar-refractivity contribution in [2.75, 3.05) is 11.9 Å². The number of sulfonamides is 1. The first-order valence-electron chi connectivity index (χ1n) is 8.32. The smallest absolute Gasteiger partial charge is 0.257 e. The Hall–Kier alpha value is -1.96. The second kappa shape index (κ2) is 8.62. The number of halogens is 1. The number of nitrogens with one attached hydrogen (secondary N) is 1. The molecule has 1 N–H and O–H groups in total. The Bertz CT molecular complexity index is 842. The van der Waals surface area contributed by atoms with Crippen LogP contribution in [0, 0.1) is 0 Å². The minimum atomic E-state index is -3.50. The highest BCUT2D eigenvalue weighted by Gasteiger charge is 2.30. The third kappa shape index (κ3) is 4.41. The first kappa shape index (κ1) is 20.4. The molecule has 0 spiro atoms. The van der Waals surface area contributed by atoms with E-state index in [1.165, 1.54) is 18.3 Å². The van der Waals surface area contributed by atoms with Crippen molar-refractivity contribution in [3.63, 3.8) is 0 Å². The molecule has 1 unspecified atom stereocenters. The summed E-state index contributed by atoms with van der Waals surface area (Å²) in [6.45, 7) is 2.50. The van der Waals surface area contributed by atoms with E-state index in [9.17, 15) is 13.2 Å². The van der Waals surface area contributed by atoms with Gasteiger partial charge in [-0.15, -0.1) is 12.4 Å². The highest BCUT2D eigenvalue weighted by Crippen LogP contribution is 2.25. The third-order valence-corrected chi connectivity index (χ3v) is 6.41. The summed E-state index contributed by atoms with van der Waals surface area (Å²) in [6.07, 6.45) is 5.91. The van der Waals surface area contributed by atoms with Crippen LogP contribution in [-0.4, -0.2) is 36.2 Å². The number of rotatable bonds is 4. The molecular formula is C18H22ClN3O3S. The molecule has 1 fully saturated rings. The molecule has 6 nitrogen and oxygen atoms in total. The fraction of sp³-hybridized carbons (Fsp3) is 0.333. The Morgan fingerprint density at radius 2 is 1.92 bits per heavy atom. The number of carbonyl (C=O) groups excluding carboxylic acids is 1. The van der Waals surface area contributed by atoms with Gasteiger partial charge in [-0.25, -0.2) is 8.42 Å². The zero-order chi connectivity index (χ0) is 17.9. The van der Waals surface area contributed by atoms with Crippen molar-refractivity contribution in [1.82, 2.24) is 9.29 Å². The van der Waals surface area contributed by atoms with Crippen LogP contribution in [0.2, 0.25) is 0 Å². The Kier molecular flexibility index (Phi) is 6.75. The van der Waals surface area contributed by atoms with Crippen molar-refractivity contribution in [3.8, 4) is 0 Å². The van der Waals surface area contributed by atoms with Gasteiger partial charge in [0, 0.05) is 30.7 Å². The molecule has 0 aliphatic carbocycles. The van der Waals surface area contributed by atoms with Gasteiger partial charge in [-0.1, -0.05) is 6.42 Å². The van der Waals surface area contributed by atoms with E-state index in [-0.39, 0.29) is 29.3 Å². The zero-order valence-corrected chi connectivity index (χ0v) is 16.1. The van der Waals surface area contributed by atoms with Gasteiger partial charge in [-0.3, -0.25) is 9.78 Å². The number of carbonyl (C=O) groups is 1.